The average Bonchev–Trinajstić information content (AvgIpc) is 2.92. The molecule has 1 aromatic carbocycles. The third kappa shape index (κ3) is 2.15. The number of nitrogens with one attached hydrogen (secondary N) is 1. The van der Waals surface area contributed by atoms with E-state index < -0.39 is 0 Å². The molecule has 0 saturated carbocycles. The van der Waals surface area contributed by atoms with Crippen LogP contribution in [0.5, 0.6) is 0 Å². The third-order valence-electron chi connectivity index (χ3n) is 2.76. The van der Waals surface area contributed by atoms with Crippen molar-refractivity contribution in [2.75, 3.05) is 11.9 Å². The van der Waals surface area contributed by atoms with E-state index in [1.807, 2.05) is 41.2 Å². The molecule has 0 aliphatic carbocycles. The van der Waals surface area contributed by atoms with Gasteiger partial charge in [-0.25, -0.2) is 0 Å². The van der Waals surface area contributed by atoms with Crippen LogP contribution in [0.1, 0.15) is 0 Å². The van der Waals surface area contributed by atoms with Crippen molar-refractivity contribution in [3.8, 4) is 0 Å². The zero-order chi connectivity index (χ0) is 12.2. The molecule has 5 heteroatoms. The van der Waals surface area contributed by atoms with Gasteiger partial charge in [0.2, 0.25) is 0 Å². The molecule has 90 valence electrons. The van der Waals surface area contributed by atoms with Crippen molar-refractivity contribution >= 4 is 16.6 Å². The summed E-state index contributed by atoms with van der Waals surface area (Å²) < 4.78 is 1.89. The molecule has 0 bridgehead atoms. The molecular formula is C13H13N5. The Hall–Kier alpha value is -2.43. The summed E-state index contributed by atoms with van der Waals surface area (Å²) in [6, 6.07) is 9.89. The van der Waals surface area contributed by atoms with Gasteiger partial charge in [0, 0.05) is 24.3 Å². The fraction of sp³-hybridized carbons (Fsp3) is 0.154. The maximum absolute atomic E-state index is 4.16. The summed E-state index contributed by atoms with van der Waals surface area (Å²) in [5.41, 5.74) is 1.91. The van der Waals surface area contributed by atoms with Gasteiger partial charge < -0.3 is 5.32 Å². The molecular weight excluding hydrogens is 226 g/mol. The van der Waals surface area contributed by atoms with Crippen molar-refractivity contribution < 1.29 is 0 Å². The molecule has 0 saturated heterocycles. The lowest BCUT2D eigenvalue weighted by Gasteiger charge is -2.08. The van der Waals surface area contributed by atoms with Crippen molar-refractivity contribution in [2.24, 2.45) is 0 Å². The fourth-order valence-electron chi connectivity index (χ4n) is 1.89. The summed E-state index contributed by atoms with van der Waals surface area (Å²) in [6.07, 6.45) is 5.49. The van der Waals surface area contributed by atoms with Gasteiger partial charge in [0.25, 0.3) is 0 Å². The lowest BCUT2D eigenvalue weighted by molar-refractivity contribution is 0.638. The quantitative estimate of drug-likeness (QED) is 0.756. The molecule has 3 aromatic rings. The lowest BCUT2D eigenvalue weighted by atomic mass is 10.2. The van der Waals surface area contributed by atoms with Gasteiger partial charge in [0.05, 0.1) is 23.9 Å². The Labute approximate surface area is 104 Å². The summed E-state index contributed by atoms with van der Waals surface area (Å²) in [5.74, 6) is 0. The molecule has 1 N–H and O–H groups in total. The number of nitrogens with zero attached hydrogens (tertiary/aromatic N) is 4. The van der Waals surface area contributed by atoms with Crippen LogP contribution < -0.4 is 5.32 Å². The van der Waals surface area contributed by atoms with E-state index in [4.69, 9.17) is 0 Å². The van der Waals surface area contributed by atoms with Gasteiger partial charge in [-0.05, 0) is 12.1 Å². The van der Waals surface area contributed by atoms with Crippen LogP contribution in [0, 0.1) is 0 Å². The first-order valence-corrected chi connectivity index (χ1v) is 5.85. The molecule has 0 aliphatic rings. The van der Waals surface area contributed by atoms with Crippen LogP contribution in [0.15, 0.2) is 48.9 Å². The first kappa shape index (κ1) is 10.7. The number of benzene rings is 1. The summed E-state index contributed by atoms with van der Waals surface area (Å²) in [6.45, 7) is 1.63. The predicted molar refractivity (Wildman–Crippen MR) is 70.3 cm³/mol. The van der Waals surface area contributed by atoms with Crippen LogP contribution in [0.3, 0.4) is 0 Å². The van der Waals surface area contributed by atoms with Gasteiger partial charge >= 0.3 is 0 Å². The number of aromatic nitrogens is 4. The van der Waals surface area contributed by atoms with Crippen LogP contribution in [0.25, 0.3) is 10.9 Å². The number of anilines is 1. The number of rotatable bonds is 4. The number of hydrogen-bond acceptors (Lipinski definition) is 4. The van der Waals surface area contributed by atoms with Crippen LogP contribution in [0.4, 0.5) is 5.69 Å². The van der Waals surface area contributed by atoms with Crippen LogP contribution >= 0.6 is 0 Å². The van der Waals surface area contributed by atoms with E-state index in [1.54, 1.807) is 12.4 Å². The molecule has 3 rings (SSSR count). The molecule has 5 nitrogen and oxygen atoms in total. The Balaban J connectivity index is 1.74. The Kier molecular flexibility index (Phi) is 2.87. The second-order valence-corrected chi connectivity index (χ2v) is 3.97. The summed E-state index contributed by atoms with van der Waals surface area (Å²) in [7, 11) is 0. The normalized spacial score (nSPS) is 10.7. The first-order valence-electron chi connectivity index (χ1n) is 5.85. The monoisotopic (exact) mass is 239 g/mol. The van der Waals surface area contributed by atoms with Crippen molar-refractivity contribution in [3.63, 3.8) is 0 Å². The van der Waals surface area contributed by atoms with Gasteiger partial charge in [-0.1, -0.05) is 18.2 Å². The third-order valence-corrected chi connectivity index (χ3v) is 2.76. The van der Waals surface area contributed by atoms with Crippen molar-refractivity contribution in [1.82, 2.24) is 20.0 Å². The topological polar surface area (TPSA) is 55.6 Å². The SMILES string of the molecule is c1ccc2c(NCCn3cccn3)cnnc2c1. The minimum Gasteiger partial charge on any atom is -0.381 e. The van der Waals surface area contributed by atoms with Crippen LogP contribution in [0.2, 0.25) is 0 Å². The predicted octanol–water partition coefficient (Wildman–Crippen LogP) is 1.94. The Morgan fingerprint density at radius 3 is 3.00 bits per heavy atom. The van der Waals surface area contributed by atoms with Gasteiger partial charge in [-0.2, -0.15) is 15.3 Å². The van der Waals surface area contributed by atoms with Crippen LogP contribution in [-0.4, -0.2) is 26.5 Å². The molecule has 2 aromatic heterocycles. The van der Waals surface area contributed by atoms with E-state index in [1.165, 1.54) is 0 Å². The van der Waals surface area contributed by atoms with E-state index >= 15 is 0 Å². The maximum atomic E-state index is 4.16. The molecule has 0 spiro atoms. The molecule has 0 radical (unpaired) electrons. The molecule has 0 amide bonds. The second-order valence-electron chi connectivity index (χ2n) is 3.97. The van der Waals surface area contributed by atoms with Gasteiger partial charge in [-0.15, -0.1) is 0 Å². The molecule has 18 heavy (non-hydrogen) atoms. The zero-order valence-electron chi connectivity index (χ0n) is 9.82. The van der Waals surface area contributed by atoms with Crippen LogP contribution in [-0.2, 0) is 6.54 Å². The molecule has 0 fully saturated rings. The number of hydrogen-bond donors (Lipinski definition) is 1. The maximum Gasteiger partial charge on any atom is 0.0950 e. The van der Waals surface area contributed by atoms with Crippen molar-refractivity contribution in [1.29, 1.82) is 0 Å². The first-order chi connectivity index (χ1) is 8.93. The smallest absolute Gasteiger partial charge is 0.0950 e. The van der Waals surface area contributed by atoms with Gasteiger partial charge in [0.1, 0.15) is 0 Å². The highest BCUT2D eigenvalue weighted by atomic mass is 15.3. The molecule has 0 atom stereocenters. The fourth-order valence-corrected chi connectivity index (χ4v) is 1.89. The second kappa shape index (κ2) is 4.83. The van der Waals surface area contributed by atoms with E-state index in [-0.39, 0.29) is 0 Å². The largest absolute Gasteiger partial charge is 0.381 e. The summed E-state index contributed by atoms with van der Waals surface area (Å²) >= 11 is 0. The highest BCUT2D eigenvalue weighted by Gasteiger charge is 2.01. The molecule has 0 aliphatic heterocycles. The minimum atomic E-state index is 0.803. The summed E-state index contributed by atoms with van der Waals surface area (Å²) in [5, 5.41) is 16.7. The lowest BCUT2D eigenvalue weighted by Crippen LogP contribution is -2.11. The Bertz CT molecular complexity index is 627. The van der Waals surface area contributed by atoms with E-state index in [9.17, 15) is 0 Å². The zero-order valence-corrected chi connectivity index (χ0v) is 9.82. The molecule has 0 unspecified atom stereocenters. The standard InChI is InChI=1S/C13H13N5/c1-2-5-12-11(4-1)13(10-15-17-12)14-7-9-18-8-3-6-16-18/h1-6,8,10H,7,9H2,(H,14,17). The van der Waals surface area contributed by atoms with E-state index in [0.29, 0.717) is 0 Å². The minimum absolute atomic E-state index is 0.803. The number of fused-ring (bicyclic) bond motifs is 1. The molecule has 2 heterocycles. The highest BCUT2D eigenvalue weighted by Crippen LogP contribution is 2.19. The van der Waals surface area contributed by atoms with Gasteiger partial charge in [-0.3, -0.25) is 4.68 Å². The highest BCUT2D eigenvalue weighted by molar-refractivity contribution is 5.90. The Morgan fingerprint density at radius 1 is 1.17 bits per heavy atom. The van der Waals surface area contributed by atoms with Crippen molar-refractivity contribution in [2.45, 2.75) is 6.54 Å². The van der Waals surface area contributed by atoms with E-state index in [2.05, 4.69) is 20.6 Å². The van der Waals surface area contributed by atoms with Gasteiger partial charge in [0.15, 0.2) is 0 Å². The summed E-state index contributed by atoms with van der Waals surface area (Å²) in [4.78, 5) is 0. The van der Waals surface area contributed by atoms with Crippen molar-refractivity contribution in [3.05, 3.63) is 48.9 Å². The van der Waals surface area contributed by atoms with E-state index in [0.717, 1.165) is 29.7 Å². The average molecular weight is 239 g/mol. The Morgan fingerprint density at radius 2 is 2.11 bits per heavy atom.